The van der Waals surface area contributed by atoms with Crippen molar-refractivity contribution < 1.29 is 14.3 Å². The molecule has 26 heavy (non-hydrogen) atoms. The monoisotopic (exact) mass is 352 g/mol. The second-order valence-corrected chi connectivity index (χ2v) is 6.44. The summed E-state index contributed by atoms with van der Waals surface area (Å²) in [5, 5.41) is 2.85. The Morgan fingerprint density at radius 1 is 1.04 bits per heavy atom. The number of ether oxygens (including phenoxy) is 1. The van der Waals surface area contributed by atoms with E-state index in [9.17, 15) is 9.59 Å². The fourth-order valence-corrected chi connectivity index (χ4v) is 3.12. The van der Waals surface area contributed by atoms with E-state index < -0.39 is 0 Å². The number of nitrogens with one attached hydrogen (secondary N) is 1. The SMILES string of the molecule is COc1cccc(C(=O)CCC(=O)Nc2ccc(N3CCCC3)cc2)c1. The molecule has 0 spiro atoms. The van der Waals surface area contributed by atoms with Crippen molar-refractivity contribution in [3.63, 3.8) is 0 Å². The Bertz CT molecular complexity index is 765. The fraction of sp³-hybridized carbons (Fsp3) is 0.333. The van der Waals surface area contributed by atoms with Crippen LogP contribution in [0.2, 0.25) is 0 Å². The Balaban J connectivity index is 1.49. The van der Waals surface area contributed by atoms with Gasteiger partial charge < -0.3 is 15.0 Å². The van der Waals surface area contributed by atoms with Crippen LogP contribution in [0, 0.1) is 0 Å². The first-order valence-electron chi connectivity index (χ1n) is 8.98. The first-order chi connectivity index (χ1) is 12.7. The number of anilines is 2. The first kappa shape index (κ1) is 18.0. The second-order valence-electron chi connectivity index (χ2n) is 6.44. The summed E-state index contributed by atoms with van der Waals surface area (Å²) < 4.78 is 5.12. The molecule has 2 aromatic rings. The third kappa shape index (κ3) is 4.63. The largest absolute Gasteiger partial charge is 0.497 e. The number of Topliss-reactive ketones (excluding diaryl/α,β-unsaturated/α-hetero) is 1. The van der Waals surface area contributed by atoms with Crippen molar-refractivity contribution in [2.45, 2.75) is 25.7 Å². The van der Waals surface area contributed by atoms with E-state index in [1.807, 2.05) is 24.3 Å². The normalized spacial score (nSPS) is 13.5. The van der Waals surface area contributed by atoms with E-state index in [0.29, 0.717) is 11.3 Å². The van der Waals surface area contributed by atoms with Gasteiger partial charge in [0.15, 0.2) is 5.78 Å². The molecule has 2 aromatic carbocycles. The third-order valence-corrected chi connectivity index (χ3v) is 4.59. The summed E-state index contributed by atoms with van der Waals surface area (Å²) in [7, 11) is 1.56. The minimum atomic E-state index is -0.157. The highest BCUT2D eigenvalue weighted by Crippen LogP contribution is 2.22. The first-order valence-corrected chi connectivity index (χ1v) is 8.98. The number of hydrogen-bond donors (Lipinski definition) is 1. The van der Waals surface area contributed by atoms with Crippen LogP contribution in [0.25, 0.3) is 0 Å². The molecule has 3 rings (SSSR count). The van der Waals surface area contributed by atoms with Crippen LogP contribution in [-0.4, -0.2) is 31.9 Å². The predicted molar refractivity (Wildman–Crippen MR) is 103 cm³/mol. The topological polar surface area (TPSA) is 58.6 Å². The Morgan fingerprint density at radius 2 is 1.77 bits per heavy atom. The molecule has 0 atom stereocenters. The van der Waals surface area contributed by atoms with Crippen LogP contribution >= 0.6 is 0 Å². The van der Waals surface area contributed by atoms with Crippen LogP contribution < -0.4 is 15.0 Å². The number of hydrogen-bond acceptors (Lipinski definition) is 4. The summed E-state index contributed by atoms with van der Waals surface area (Å²) in [6, 6.07) is 14.9. The zero-order valence-corrected chi connectivity index (χ0v) is 15.0. The van der Waals surface area contributed by atoms with E-state index in [1.165, 1.54) is 18.5 Å². The van der Waals surface area contributed by atoms with Crippen LogP contribution in [0.4, 0.5) is 11.4 Å². The van der Waals surface area contributed by atoms with Crippen LogP contribution in [0.1, 0.15) is 36.0 Å². The molecule has 1 aliphatic rings. The minimum absolute atomic E-state index is 0.0663. The zero-order valence-electron chi connectivity index (χ0n) is 15.0. The van der Waals surface area contributed by atoms with Gasteiger partial charge in [-0.3, -0.25) is 9.59 Å². The van der Waals surface area contributed by atoms with Gasteiger partial charge in [0.25, 0.3) is 0 Å². The highest BCUT2D eigenvalue weighted by atomic mass is 16.5. The third-order valence-electron chi connectivity index (χ3n) is 4.59. The van der Waals surface area contributed by atoms with Crippen molar-refractivity contribution in [2.24, 2.45) is 0 Å². The predicted octanol–water partition coefficient (Wildman–Crippen LogP) is 3.90. The molecule has 136 valence electrons. The summed E-state index contributed by atoms with van der Waals surface area (Å²) in [4.78, 5) is 26.7. The molecule has 5 nitrogen and oxygen atoms in total. The Hall–Kier alpha value is -2.82. The summed E-state index contributed by atoms with van der Waals surface area (Å²) in [6.07, 6.45) is 2.80. The van der Waals surface area contributed by atoms with E-state index in [1.54, 1.807) is 31.4 Å². The van der Waals surface area contributed by atoms with Crippen LogP contribution in [0.15, 0.2) is 48.5 Å². The molecular weight excluding hydrogens is 328 g/mol. The quantitative estimate of drug-likeness (QED) is 0.768. The highest BCUT2D eigenvalue weighted by molar-refractivity contribution is 6.00. The number of methoxy groups -OCH3 is 1. The van der Waals surface area contributed by atoms with Crippen LogP contribution in [0.5, 0.6) is 5.75 Å². The Morgan fingerprint density at radius 3 is 2.46 bits per heavy atom. The lowest BCUT2D eigenvalue weighted by Crippen LogP contribution is -2.17. The molecule has 1 saturated heterocycles. The van der Waals surface area contributed by atoms with Crippen molar-refractivity contribution >= 4 is 23.1 Å². The molecule has 0 aliphatic carbocycles. The number of nitrogens with zero attached hydrogens (tertiary/aromatic N) is 1. The minimum Gasteiger partial charge on any atom is -0.497 e. The number of carbonyl (C=O) groups is 2. The molecule has 1 fully saturated rings. The van der Waals surface area contributed by atoms with Gasteiger partial charge in [0.2, 0.25) is 5.91 Å². The van der Waals surface area contributed by atoms with E-state index >= 15 is 0 Å². The van der Waals surface area contributed by atoms with Crippen molar-refractivity contribution in [2.75, 3.05) is 30.4 Å². The van der Waals surface area contributed by atoms with Crippen LogP contribution in [0.3, 0.4) is 0 Å². The molecule has 5 heteroatoms. The molecular formula is C21H24N2O3. The van der Waals surface area contributed by atoms with Crippen molar-refractivity contribution in [1.82, 2.24) is 0 Å². The van der Waals surface area contributed by atoms with Gasteiger partial charge in [-0.25, -0.2) is 0 Å². The van der Waals surface area contributed by atoms with Gasteiger partial charge in [-0.2, -0.15) is 0 Å². The average molecular weight is 352 g/mol. The summed E-state index contributed by atoms with van der Waals surface area (Å²) in [5.74, 6) is 0.414. The van der Waals surface area contributed by atoms with E-state index in [-0.39, 0.29) is 24.5 Å². The maximum atomic E-state index is 12.2. The smallest absolute Gasteiger partial charge is 0.224 e. The molecule has 1 amide bonds. The van der Waals surface area contributed by atoms with Crippen LogP contribution in [-0.2, 0) is 4.79 Å². The van der Waals surface area contributed by atoms with Gasteiger partial charge >= 0.3 is 0 Å². The lowest BCUT2D eigenvalue weighted by atomic mass is 10.1. The zero-order chi connectivity index (χ0) is 18.4. The summed E-state index contributed by atoms with van der Waals surface area (Å²) in [6.45, 7) is 2.19. The number of rotatable bonds is 7. The van der Waals surface area contributed by atoms with Gasteiger partial charge in [-0.05, 0) is 49.2 Å². The van der Waals surface area contributed by atoms with Gasteiger partial charge in [0, 0.05) is 42.9 Å². The Labute approximate surface area is 154 Å². The number of amides is 1. The van der Waals surface area contributed by atoms with Crippen molar-refractivity contribution in [3.05, 3.63) is 54.1 Å². The summed E-state index contributed by atoms with van der Waals surface area (Å²) >= 11 is 0. The standard InChI is InChI=1S/C21H24N2O3/c1-26-19-6-4-5-16(15-19)20(24)11-12-21(25)22-17-7-9-18(10-8-17)23-13-2-3-14-23/h4-10,15H,2-3,11-14H2,1H3,(H,22,25). The Kier molecular flexibility index (Phi) is 5.89. The van der Waals surface area contributed by atoms with E-state index in [0.717, 1.165) is 18.8 Å². The maximum absolute atomic E-state index is 12.2. The molecule has 0 aromatic heterocycles. The molecule has 0 unspecified atom stereocenters. The van der Waals surface area contributed by atoms with Gasteiger partial charge in [-0.15, -0.1) is 0 Å². The number of carbonyl (C=O) groups excluding carboxylic acids is 2. The van der Waals surface area contributed by atoms with Gasteiger partial charge in [0.1, 0.15) is 5.75 Å². The van der Waals surface area contributed by atoms with Crippen molar-refractivity contribution in [3.8, 4) is 5.75 Å². The molecule has 0 radical (unpaired) electrons. The lowest BCUT2D eigenvalue weighted by molar-refractivity contribution is -0.116. The molecule has 1 N–H and O–H groups in total. The molecule has 0 saturated carbocycles. The summed E-state index contributed by atoms with van der Waals surface area (Å²) in [5.41, 5.74) is 2.51. The van der Waals surface area contributed by atoms with Crippen molar-refractivity contribution in [1.29, 1.82) is 0 Å². The van der Waals surface area contributed by atoms with E-state index in [2.05, 4.69) is 10.2 Å². The molecule has 1 aliphatic heterocycles. The van der Waals surface area contributed by atoms with E-state index in [4.69, 9.17) is 4.74 Å². The fourth-order valence-electron chi connectivity index (χ4n) is 3.12. The second kappa shape index (κ2) is 8.52. The number of benzene rings is 2. The van der Waals surface area contributed by atoms with Gasteiger partial charge in [-0.1, -0.05) is 12.1 Å². The molecule has 1 heterocycles. The molecule has 0 bridgehead atoms. The average Bonchev–Trinajstić information content (AvgIpc) is 3.21. The van der Waals surface area contributed by atoms with Gasteiger partial charge in [0.05, 0.1) is 7.11 Å². The lowest BCUT2D eigenvalue weighted by Gasteiger charge is -2.17. The maximum Gasteiger partial charge on any atom is 0.224 e. The highest BCUT2D eigenvalue weighted by Gasteiger charge is 2.13. The number of ketones is 1.